The summed E-state index contributed by atoms with van der Waals surface area (Å²) in [5, 5.41) is 2.80. The number of nitrogens with zero attached hydrogens (tertiary/aromatic N) is 1. The molecule has 1 aliphatic rings. The van der Waals surface area contributed by atoms with E-state index >= 15 is 0 Å². The van der Waals surface area contributed by atoms with Crippen LogP contribution in [-0.4, -0.2) is 39.7 Å². The average Bonchev–Trinajstić information content (AvgIpc) is 2.27. The zero-order valence-corrected chi connectivity index (χ0v) is 13.1. The second-order valence-electron chi connectivity index (χ2n) is 4.54. The third-order valence-corrected chi connectivity index (χ3v) is 5.44. The van der Waals surface area contributed by atoms with Crippen molar-refractivity contribution in [1.29, 1.82) is 0 Å². The van der Waals surface area contributed by atoms with Crippen LogP contribution in [0.2, 0.25) is 0 Å². The normalized spacial score (nSPS) is 21.0. The predicted octanol–water partition coefficient (Wildman–Crippen LogP) is 1.18. The molecule has 1 heterocycles. The first-order valence-corrected chi connectivity index (χ1v) is 8.30. The molecule has 2 rings (SSSR count). The highest BCUT2D eigenvalue weighted by Gasteiger charge is 2.36. The van der Waals surface area contributed by atoms with Crippen LogP contribution in [0.1, 0.15) is 6.92 Å². The molecule has 19 heavy (non-hydrogen) atoms. The molecule has 7 heteroatoms. The van der Waals surface area contributed by atoms with Crippen LogP contribution in [0, 0.1) is 0 Å². The molecule has 0 saturated heterocycles. The Hall–Kier alpha value is -0.920. The van der Waals surface area contributed by atoms with Gasteiger partial charge in [-0.3, -0.25) is 4.79 Å². The molecule has 1 N–H and O–H groups in total. The Balaban J connectivity index is 2.59. The minimum absolute atomic E-state index is 0.0446. The zero-order chi connectivity index (χ0) is 14.2. The second-order valence-corrected chi connectivity index (χ2v) is 7.45. The van der Waals surface area contributed by atoms with Gasteiger partial charge in [0.05, 0.1) is 22.9 Å². The summed E-state index contributed by atoms with van der Waals surface area (Å²) in [6.07, 6.45) is 0. The van der Waals surface area contributed by atoms with Gasteiger partial charge in [0, 0.05) is 10.5 Å². The molecule has 1 amide bonds. The van der Waals surface area contributed by atoms with E-state index in [9.17, 15) is 13.2 Å². The van der Waals surface area contributed by atoms with Crippen molar-refractivity contribution in [3.63, 3.8) is 0 Å². The fourth-order valence-corrected chi connectivity index (χ4v) is 4.34. The molecule has 1 atom stereocenters. The molecule has 0 radical (unpaired) electrons. The lowest BCUT2D eigenvalue weighted by molar-refractivity contribution is -0.118. The maximum Gasteiger partial charge on any atom is 0.241 e. The molecule has 1 aromatic carbocycles. The highest BCUT2D eigenvalue weighted by molar-refractivity contribution is 9.10. The van der Waals surface area contributed by atoms with E-state index in [1.807, 2.05) is 0 Å². The van der Waals surface area contributed by atoms with Crippen molar-refractivity contribution in [2.75, 3.05) is 24.2 Å². The maximum atomic E-state index is 12.2. The van der Waals surface area contributed by atoms with E-state index in [0.29, 0.717) is 5.69 Å². The van der Waals surface area contributed by atoms with Gasteiger partial charge in [-0.1, -0.05) is 15.9 Å². The first-order chi connectivity index (χ1) is 8.86. The minimum Gasteiger partial charge on any atom is -0.311 e. The van der Waals surface area contributed by atoms with Crippen molar-refractivity contribution in [3.8, 4) is 0 Å². The number of halogens is 1. The third-order valence-electron chi connectivity index (χ3n) is 3.01. The molecule has 0 fully saturated rings. The number of anilines is 1. The quantitative estimate of drug-likeness (QED) is 0.873. The molecular weight excluding hydrogens is 332 g/mol. The van der Waals surface area contributed by atoms with E-state index in [-0.39, 0.29) is 29.1 Å². The van der Waals surface area contributed by atoms with E-state index in [0.717, 1.165) is 4.47 Å². The minimum atomic E-state index is -3.32. The van der Waals surface area contributed by atoms with Gasteiger partial charge >= 0.3 is 0 Å². The molecule has 0 spiro atoms. The Morgan fingerprint density at radius 3 is 2.84 bits per heavy atom. The summed E-state index contributed by atoms with van der Waals surface area (Å²) in [5.41, 5.74) is 0.452. The van der Waals surface area contributed by atoms with Gasteiger partial charge in [-0.25, -0.2) is 8.42 Å². The Labute approximate surface area is 121 Å². The fourth-order valence-electron chi connectivity index (χ4n) is 2.28. The molecule has 1 aliphatic heterocycles. The van der Waals surface area contributed by atoms with Gasteiger partial charge in [-0.05, 0) is 32.2 Å². The van der Waals surface area contributed by atoms with Crippen molar-refractivity contribution >= 4 is 37.4 Å². The molecule has 0 saturated carbocycles. The summed E-state index contributed by atoms with van der Waals surface area (Å²) in [4.78, 5) is 13.9. The largest absolute Gasteiger partial charge is 0.311 e. The van der Waals surface area contributed by atoms with E-state index in [1.165, 1.54) is 0 Å². The molecule has 1 unspecified atom stereocenters. The number of likely N-dealkylation sites (N-methyl/N-ethyl adjacent to an activating group) is 1. The summed E-state index contributed by atoms with van der Waals surface area (Å²) < 4.78 is 25.1. The highest BCUT2D eigenvalue weighted by Crippen LogP contribution is 2.35. The van der Waals surface area contributed by atoms with Gasteiger partial charge in [-0.2, -0.15) is 0 Å². The lowest BCUT2D eigenvalue weighted by Gasteiger charge is -2.35. The van der Waals surface area contributed by atoms with Crippen LogP contribution in [0.4, 0.5) is 5.69 Å². The Morgan fingerprint density at radius 2 is 2.21 bits per heavy atom. The number of benzene rings is 1. The summed E-state index contributed by atoms with van der Waals surface area (Å²) in [7, 11) is -1.64. The predicted molar refractivity (Wildman–Crippen MR) is 77.1 cm³/mol. The molecule has 0 aromatic heterocycles. The van der Waals surface area contributed by atoms with Crippen molar-refractivity contribution in [2.24, 2.45) is 0 Å². The van der Waals surface area contributed by atoms with Crippen LogP contribution < -0.4 is 10.2 Å². The molecule has 5 nitrogen and oxygen atoms in total. The summed E-state index contributed by atoms with van der Waals surface area (Å²) in [5.74, 6) is -0.180. The van der Waals surface area contributed by atoms with Gasteiger partial charge < -0.3 is 10.2 Å². The number of carbonyl (C=O) groups excluding carboxylic acids is 1. The SMILES string of the molecule is CNCC(=O)N1c2cc(Br)ccc2S(=O)(=O)CC1C. The lowest BCUT2D eigenvalue weighted by Crippen LogP contribution is -2.49. The summed E-state index contributed by atoms with van der Waals surface area (Å²) in [6.45, 7) is 1.92. The van der Waals surface area contributed by atoms with Crippen LogP contribution in [0.3, 0.4) is 0 Å². The van der Waals surface area contributed by atoms with E-state index < -0.39 is 9.84 Å². The van der Waals surface area contributed by atoms with Gasteiger partial charge in [0.1, 0.15) is 0 Å². The number of sulfone groups is 1. The van der Waals surface area contributed by atoms with Gasteiger partial charge in [0.2, 0.25) is 5.91 Å². The number of nitrogens with one attached hydrogen (secondary N) is 1. The topological polar surface area (TPSA) is 66.5 Å². The van der Waals surface area contributed by atoms with Gasteiger partial charge in [0.15, 0.2) is 9.84 Å². The monoisotopic (exact) mass is 346 g/mol. The van der Waals surface area contributed by atoms with Crippen molar-refractivity contribution in [3.05, 3.63) is 22.7 Å². The number of hydrogen-bond acceptors (Lipinski definition) is 4. The van der Waals surface area contributed by atoms with E-state index in [2.05, 4.69) is 21.2 Å². The molecule has 0 bridgehead atoms. The number of amides is 1. The first-order valence-electron chi connectivity index (χ1n) is 5.86. The zero-order valence-electron chi connectivity index (χ0n) is 10.7. The number of fused-ring (bicyclic) bond motifs is 1. The highest BCUT2D eigenvalue weighted by atomic mass is 79.9. The lowest BCUT2D eigenvalue weighted by atomic mass is 10.2. The standard InChI is InChI=1S/C12H15BrN2O3S/c1-8-7-19(17,18)11-4-3-9(13)5-10(11)15(8)12(16)6-14-2/h3-5,8,14H,6-7H2,1-2H3. The Morgan fingerprint density at radius 1 is 1.53 bits per heavy atom. The van der Waals surface area contributed by atoms with Crippen LogP contribution in [0.15, 0.2) is 27.6 Å². The number of hydrogen-bond donors (Lipinski definition) is 1. The Bertz CT molecular complexity index is 615. The van der Waals surface area contributed by atoms with Gasteiger partial charge in [0.25, 0.3) is 0 Å². The van der Waals surface area contributed by atoms with Crippen LogP contribution in [0.5, 0.6) is 0 Å². The van der Waals surface area contributed by atoms with E-state index in [4.69, 9.17) is 0 Å². The van der Waals surface area contributed by atoms with Crippen LogP contribution >= 0.6 is 15.9 Å². The smallest absolute Gasteiger partial charge is 0.241 e. The van der Waals surface area contributed by atoms with Crippen molar-refractivity contribution in [2.45, 2.75) is 17.9 Å². The summed E-state index contributed by atoms with van der Waals surface area (Å²) in [6, 6.07) is 4.52. The molecule has 104 valence electrons. The Kier molecular flexibility index (Phi) is 3.98. The number of rotatable bonds is 2. The number of carbonyl (C=O) groups is 1. The fraction of sp³-hybridized carbons (Fsp3) is 0.417. The van der Waals surface area contributed by atoms with Crippen molar-refractivity contribution < 1.29 is 13.2 Å². The average molecular weight is 347 g/mol. The molecule has 1 aromatic rings. The van der Waals surface area contributed by atoms with E-state index in [1.54, 1.807) is 37.1 Å². The molecule has 0 aliphatic carbocycles. The molecular formula is C12H15BrN2O3S. The van der Waals surface area contributed by atoms with Crippen LogP contribution in [0.25, 0.3) is 0 Å². The van der Waals surface area contributed by atoms with Gasteiger partial charge in [-0.15, -0.1) is 0 Å². The first kappa shape index (κ1) is 14.5. The summed E-state index contributed by atoms with van der Waals surface area (Å²) >= 11 is 3.32. The third kappa shape index (κ3) is 2.68. The second kappa shape index (κ2) is 5.22. The maximum absolute atomic E-state index is 12.2. The van der Waals surface area contributed by atoms with Crippen molar-refractivity contribution in [1.82, 2.24) is 5.32 Å². The van der Waals surface area contributed by atoms with Crippen LogP contribution in [-0.2, 0) is 14.6 Å².